The third kappa shape index (κ3) is 2.97. The predicted molar refractivity (Wildman–Crippen MR) is 63.1 cm³/mol. The maximum absolute atomic E-state index is 6.42. The molecule has 0 radical (unpaired) electrons. The van der Waals surface area contributed by atoms with Crippen LogP contribution in [0.15, 0.2) is 12.4 Å². The summed E-state index contributed by atoms with van der Waals surface area (Å²) in [7, 11) is 1.96. The molecule has 0 aromatic carbocycles. The number of rotatable bonds is 4. The van der Waals surface area contributed by atoms with Gasteiger partial charge in [0.1, 0.15) is 0 Å². The summed E-state index contributed by atoms with van der Waals surface area (Å²) in [5.41, 5.74) is 1.31. The maximum atomic E-state index is 6.42. The van der Waals surface area contributed by atoms with Gasteiger partial charge in [-0.3, -0.25) is 4.68 Å². The summed E-state index contributed by atoms with van der Waals surface area (Å²) in [6.45, 7) is 0. The lowest BCUT2D eigenvalue weighted by Crippen LogP contribution is -2.12. The number of hydrogen-bond acceptors (Lipinski definition) is 1. The Bertz CT molecular complexity index is 302. The van der Waals surface area contributed by atoms with Crippen molar-refractivity contribution >= 4 is 11.6 Å². The third-order valence-corrected chi connectivity index (χ3v) is 3.95. The van der Waals surface area contributed by atoms with Gasteiger partial charge in [0.15, 0.2) is 0 Å². The topological polar surface area (TPSA) is 17.8 Å². The molecule has 1 aromatic heterocycles. The Morgan fingerprint density at radius 3 is 2.87 bits per heavy atom. The Kier molecular flexibility index (Phi) is 3.68. The van der Waals surface area contributed by atoms with E-state index in [9.17, 15) is 0 Å². The summed E-state index contributed by atoms with van der Waals surface area (Å²) >= 11 is 6.42. The van der Waals surface area contributed by atoms with Crippen LogP contribution in [-0.4, -0.2) is 15.2 Å². The van der Waals surface area contributed by atoms with Gasteiger partial charge in [0.25, 0.3) is 0 Å². The quantitative estimate of drug-likeness (QED) is 0.722. The molecule has 1 aliphatic rings. The van der Waals surface area contributed by atoms with E-state index in [2.05, 4.69) is 11.3 Å². The van der Waals surface area contributed by atoms with Crippen LogP contribution in [-0.2, 0) is 13.5 Å². The molecule has 2 nitrogen and oxygen atoms in total. The lowest BCUT2D eigenvalue weighted by atomic mass is 9.99. The van der Waals surface area contributed by atoms with Crippen LogP contribution in [0, 0.1) is 5.92 Å². The van der Waals surface area contributed by atoms with Crippen LogP contribution in [0.2, 0.25) is 0 Å². The van der Waals surface area contributed by atoms with Crippen LogP contribution in [0.1, 0.15) is 37.7 Å². The molecule has 1 unspecified atom stereocenters. The minimum atomic E-state index is 0.368. The van der Waals surface area contributed by atoms with Crippen molar-refractivity contribution in [2.75, 3.05) is 0 Å². The predicted octanol–water partition coefficient (Wildman–Crippen LogP) is 3.15. The summed E-state index contributed by atoms with van der Waals surface area (Å²) < 4.78 is 1.86. The molecule has 3 heteroatoms. The van der Waals surface area contributed by atoms with Crippen LogP contribution in [0.3, 0.4) is 0 Å². The van der Waals surface area contributed by atoms with Crippen molar-refractivity contribution in [1.82, 2.24) is 9.78 Å². The molecule has 1 saturated carbocycles. The van der Waals surface area contributed by atoms with Crippen molar-refractivity contribution in [1.29, 1.82) is 0 Å². The average Bonchev–Trinajstić information content (AvgIpc) is 2.84. The monoisotopic (exact) mass is 226 g/mol. The lowest BCUT2D eigenvalue weighted by Gasteiger charge is -2.15. The highest BCUT2D eigenvalue weighted by Crippen LogP contribution is 2.32. The van der Waals surface area contributed by atoms with E-state index in [0.717, 1.165) is 18.8 Å². The van der Waals surface area contributed by atoms with Crippen molar-refractivity contribution in [2.45, 2.75) is 43.9 Å². The fraction of sp³-hybridized carbons (Fsp3) is 0.750. The highest BCUT2D eigenvalue weighted by atomic mass is 35.5. The molecule has 0 amide bonds. The Balaban J connectivity index is 1.77. The van der Waals surface area contributed by atoms with Gasteiger partial charge < -0.3 is 0 Å². The fourth-order valence-corrected chi connectivity index (χ4v) is 2.82. The average molecular weight is 227 g/mol. The van der Waals surface area contributed by atoms with Crippen LogP contribution in [0.4, 0.5) is 0 Å². The number of hydrogen-bond donors (Lipinski definition) is 0. The molecule has 0 bridgehead atoms. The highest BCUT2D eigenvalue weighted by molar-refractivity contribution is 6.20. The highest BCUT2D eigenvalue weighted by Gasteiger charge is 2.22. The van der Waals surface area contributed by atoms with Crippen molar-refractivity contribution in [3.8, 4) is 0 Å². The van der Waals surface area contributed by atoms with Crippen LogP contribution in [0.5, 0.6) is 0 Å². The van der Waals surface area contributed by atoms with Crippen molar-refractivity contribution in [2.24, 2.45) is 13.0 Å². The fourth-order valence-electron chi connectivity index (χ4n) is 2.46. The van der Waals surface area contributed by atoms with E-state index in [0.29, 0.717) is 5.38 Å². The molecule has 0 spiro atoms. The molecule has 0 saturated heterocycles. The minimum Gasteiger partial charge on any atom is -0.276 e. The van der Waals surface area contributed by atoms with E-state index < -0.39 is 0 Å². The first kappa shape index (κ1) is 11.0. The number of halogens is 1. The van der Waals surface area contributed by atoms with Gasteiger partial charge in [-0.2, -0.15) is 5.10 Å². The Hall–Kier alpha value is -0.500. The second kappa shape index (κ2) is 5.02. The van der Waals surface area contributed by atoms with Crippen molar-refractivity contribution in [3.05, 3.63) is 18.0 Å². The molecule has 2 rings (SSSR count). The van der Waals surface area contributed by atoms with Crippen LogP contribution < -0.4 is 0 Å². The van der Waals surface area contributed by atoms with E-state index >= 15 is 0 Å². The summed E-state index contributed by atoms with van der Waals surface area (Å²) in [6, 6.07) is 0. The number of aromatic nitrogens is 2. The van der Waals surface area contributed by atoms with E-state index in [1.807, 2.05) is 17.9 Å². The van der Waals surface area contributed by atoms with Gasteiger partial charge in [-0.25, -0.2) is 0 Å². The van der Waals surface area contributed by atoms with E-state index in [1.165, 1.54) is 31.2 Å². The molecule has 84 valence electrons. The van der Waals surface area contributed by atoms with Crippen molar-refractivity contribution < 1.29 is 0 Å². The number of alkyl halides is 1. The minimum absolute atomic E-state index is 0.368. The summed E-state index contributed by atoms with van der Waals surface area (Å²) in [4.78, 5) is 0. The van der Waals surface area contributed by atoms with Crippen LogP contribution in [0.25, 0.3) is 0 Å². The molecule has 1 atom stereocenters. The largest absolute Gasteiger partial charge is 0.276 e. The smallest absolute Gasteiger partial charge is 0.0521 e. The van der Waals surface area contributed by atoms with E-state index in [4.69, 9.17) is 11.6 Å². The van der Waals surface area contributed by atoms with Gasteiger partial charge in [-0.15, -0.1) is 11.6 Å². The normalized spacial score (nSPS) is 19.6. The molecule has 0 aliphatic heterocycles. The molecule has 15 heavy (non-hydrogen) atoms. The van der Waals surface area contributed by atoms with Gasteiger partial charge in [0.05, 0.1) is 6.20 Å². The first-order chi connectivity index (χ1) is 7.25. The third-order valence-electron chi connectivity index (χ3n) is 3.38. The maximum Gasteiger partial charge on any atom is 0.0521 e. The van der Waals surface area contributed by atoms with Gasteiger partial charge >= 0.3 is 0 Å². The van der Waals surface area contributed by atoms with E-state index in [1.54, 1.807) is 0 Å². The number of aryl methyl sites for hydroxylation is 2. The van der Waals surface area contributed by atoms with Crippen molar-refractivity contribution in [3.63, 3.8) is 0 Å². The lowest BCUT2D eigenvalue weighted by molar-refractivity contribution is 0.492. The standard InChI is InChI=1S/C12H19ClN2/c1-15-9-10(8-14-15)6-7-12(13)11-4-2-3-5-11/h8-9,11-12H,2-7H2,1H3. The molecular weight excluding hydrogens is 208 g/mol. The second-order valence-electron chi connectivity index (χ2n) is 4.62. The van der Waals surface area contributed by atoms with Gasteiger partial charge in [-0.05, 0) is 37.2 Å². The SMILES string of the molecule is Cn1cc(CCC(Cl)C2CCCC2)cn1. The summed E-state index contributed by atoms with van der Waals surface area (Å²) in [5.74, 6) is 0.767. The molecule has 1 aliphatic carbocycles. The zero-order valence-electron chi connectivity index (χ0n) is 9.32. The Morgan fingerprint density at radius 1 is 1.53 bits per heavy atom. The molecule has 1 heterocycles. The second-order valence-corrected chi connectivity index (χ2v) is 5.18. The van der Waals surface area contributed by atoms with Gasteiger partial charge in [0.2, 0.25) is 0 Å². The van der Waals surface area contributed by atoms with Gasteiger partial charge in [-0.1, -0.05) is 12.8 Å². The number of nitrogens with zero attached hydrogens (tertiary/aromatic N) is 2. The molecule has 1 fully saturated rings. The molecular formula is C12H19ClN2. The Morgan fingerprint density at radius 2 is 2.27 bits per heavy atom. The van der Waals surface area contributed by atoms with Gasteiger partial charge in [0, 0.05) is 18.6 Å². The molecule has 1 aromatic rings. The first-order valence-corrected chi connectivity index (χ1v) is 6.31. The zero-order chi connectivity index (χ0) is 10.7. The summed E-state index contributed by atoms with van der Waals surface area (Å²) in [5, 5.41) is 4.53. The van der Waals surface area contributed by atoms with E-state index in [-0.39, 0.29) is 0 Å². The zero-order valence-corrected chi connectivity index (χ0v) is 10.1. The summed E-state index contributed by atoms with van der Waals surface area (Å²) in [6.07, 6.45) is 11.6. The first-order valence-electron chi connectivity index (χ1n) is 5.87. The van der Waals surface area contributed by atoms with Crippen LogP contribution >= 0.6 is 11.6 Å². The molecule has 0 N–H and O–H groups in total. The Labute approximate surface area is 96.6 Å².